The van der Waals surface area contributed by atoms with E-state index in [1.807, 2.05) is 62.4 Å². The van der Waals surface area contributed by atoms with E-state index in [1.165, 1.54) is 16.9 Å². The number of aryl methyl sites for hydroxylation is 1. The van der Waals surface area contributed by atoms with Gasteiger partial charge in [-0.3, -0.25) is 4.79 Å². The van der Waals surface area contributed by atoms with Gasteiger partial charge in [0.25, 0.3) is 5.91 Å². The van der Waals surface area contributed by atoms with Gasteiger partial charge in [0.2, 0.25) is 5.13 Å². The Balaban J connectivity index is 1.64. The lowest BCUT2D eigenvalue weighted by Gasteiger charge is -2.19. The van der Waals surface area contributed by atoms with Gasteiger partial charge in [-0.1, -0.05) is 50.3 Å². The highest BCUT2D eigenvalue weighted by molar-refractivity contribution is 7.20. The Hall–Kier alpha value is -3.19. The van der Waals surface area contributed by atoms with Crippen LogP contribution in [0.15, 0.2) is 48.5 Å². The number of anilines is 1. The first-order valence-corrected chi connectivity index (χ1v) is 11.1. The maximum absolute atomic E-state index is 12.9. The summed E-state index contributed by atoms with van der Waals surface area (Å²) in [5.74, 6) is 1.15. The third-order valence-electron chi connectivity index (χ3n) is 4.94. The molecule has 4 rings (SSSR count). The molecule has 0 fully saturated rings. The number of hydrogen-bond donors (Lipinski definition) is 1. The molecule has 1 N–H and O–H groups in total. The van der Waals surface area contributed by atoms with Gasteiger partial charge in [-0.2, -0.15) is 9.78 Å². The normalized spacial score (nSPS) is 11.6. The number of para-hydroxylation sites is 1. The molecule has 0 aliphatic rings. The van der Waals surface area contributed by atoms with Gasteiger partial charge in [-0.15, -0.1) is 0 Å². The van der Waals surface area contributed by atoms with Crippen molar-refractivity contribution in [2.75, 3.05) is 11.9 Å². The predicted octanol–water partition coefficient (Wildman–Crippen LogP) is 5.74. The number of aromatic nitrogens is 3. The van der Waals surface area contributed by atoms with Gasteiger partial charge in [0.1, 0.15) is 17.1 Å². The van der Waals surface area contributed by atoms with Crippen molar-refractivity contribution in [3.05, 3.63) is 65.4 Å². The first-order valence-electron chi connectivity index (χ1n) is 10.3. The highest BCUT2D eigenvalue weighted by atomic mass is 32.1. The third kappa shape index (κ3) is 4.32. The molecule has 0 radical (unpaired) electrons. The molecule has 4 aromatic rings. The number of nitrogens with zero attached hydrogens (tertiary/aromatic N) is 3. The van der Waals surface area contributed by atoms with Crippen molar-refractivity contribution in [2.24, 2.45) is 0 Å². The quantitative estimate of drug-likeness (QED) is 0.435. The molecule has 160 valence electrons. The highest BCUT2D eigenvalue weighted by Crippen LogP contribution is 2.33. The Kier molecular flexibility index (Phi) is 5.54. The second-order valence-corrected chi connectivity index (χ2v) is 9.41. The zero-order valence-electron chi connectivity index (χ0n) is 18.4. The van der Waals surface area contributed by atoms with Gasteiger partial charge in [0, 0.05) is 11.6 Å². The SMILES string of the molecule is CCOc1cccc2sc(-n3nc(C)cc3NC(=O)c3ccc(C(C)(C)C)cc3)nc12. The summed E-state index contributed by atoms with van der Waals surface area (Å²) in [6.45, 7) is 10.9. The summed E-state index contributed by atoms with van der Waals surface area (Å²) in [6.07, 6.45) is 0. The second kappa shape index (κ2) is 8.15. The van der Waals surface area contributed by atoms with Crippen LogP contribution in [0.3, 0.4) is 0 Å². The Bertz CT molecular complexity index is 1230. The summed E-state index contributed by atoms with van der Waals surface area (Å²) >= 11 is 1.50. The lowest BCUT2D eigenvalue weighted by Crippen LogP contribution is -2.16. The first-order chi connectivity index (χ1) is 14.8. The molecule has 0 atom stereocenters. The van der Waals surface area contributed by atoms with Crippen molar-refractivity contribution in [3.63, 3.8) is 0 Å². The van der Waals surface area contributed by atoms with Gasteiger partial charge in [-0.25, -0.2) is 4.98 Å². The minimum atomic E-state index is -0.183. The van der Waals surface area contributed by atoms with Crippen LogP contribution in [0.25, 0.3) is 15.3 Å². The Morgan fingerprint density at radius 2 is 1.90 bits per heavy atom. The number of nitrogens with one attached hydrogen (secondary N) is 1. The van der Waals surface area contributed by atoms with Crippen LogP contribution in [0.4, 0.5) is 5.82 Å². The monoisotopic (exact) mass is 434 g/mol. The van der Waals surface area contributed by atoms with E-state index in [9.17, 15) is 4.79 Å². The topological polar surface area (TPSA) is 69.0 Å². The second-order valence-electron chi connectivity index (χ2n) is 8.40. The van der Waals surface area contributed by atoms with E-state index >= 15 is 0 Å². The smallest absolute Gasteiger partial charge is 0.256 e. The van der Waals surface area contributed by atoms with Crippen molar-refractivity contribution in [1.29, 1.82) is 0 Å². The van der Waals surface area contributed by atoms with Gasteiger partial charge >= 0.3 is 0 Å². The fourth-order valence-electron chi connectivity index (χ4n) is 3.32. The molecule has 0 aliphatic heterocycles. The van der Waals surface area contributed by atoms with Crippen molar-refractivity contribution in [3.8, 4) is 10.9 Å². The number of amides is 1. The summed E-state index contributed by atoms with van der Waals surface area (Å²) in [5.41, 5.74) is 3.42. The molecule has 0 saturated heterocycles. The van der Waals surface area contributed by atoms with Crippen molar-refractivity contribution in [2.45, 2.75) is 40.0 Å². The number of hydrogen-bond acceptors (Lipinski definition) is 5. The van der Waals surface area contributed by atoms with Crippen LogP contribution in [0, 0.1) is 6.92 Å². The van der Waals surface area contributed by atoms with Crippen LogP contribution in [0.5, 0.6) is 5.75 Å². The summed E-state index contributed by atoms with van der Waals surface area (Å²) < 4.78 is 8.39. The van der Waals surface area contributed by atoms with Crippen LogP contribution in [0.1, 0.15) is 49.3 Å². The summed E-state index contributed by atoms with van der Waals surface area (Å²) in [5, 5.41) is 8.21. The molecule has 31 heavy (non-hydrogen) atoms. The lowest BCUT2D eigenvalue weighted by atomic mass is 9.87. The van der Waals surface area contributed by atoms with Crippen molar-refractivity contribution in [1.82, 2.24) is 14.8 Å². The molecule has 2 aromatic heterocycles. The van der Waals surface area contributed by atoms with Gasteiger partial charge < -0.3 is 10.1 Å². The molecule has 0 unspecified atom stereocenters. The maximum Gasteiger partial charge on any atom is 0.256 e. The van der Waals surface area contributed by atoms with Crippen molar-refractivity contribution < 1.29 is 9.53 Å². The Morgan fingerprint density at radius 3 is 2.58 bits per heavy atom. The molecular weight excluding hydrogens is 408 g/mol. The summed E-state index contributed by atoms with van der Waals surface area (Å²) in [7, 11) is 0. The van der Waals surface area contributed by atoms with Gasteiger partial charge in [-0.05, 0) is 49.1 Å². The van der Waals surface area contributed by atoms with E-state index in [-0.39, 0.29) is 11.3 Å². The molecule has 1 amide bonds. The van der Waals surface area contributed by atoms with Crippen LogP contribution >= 0.6 is 11.3 Å². The number of rotatable bonds is 5. The third-order valence-corrected chi connectivity index (χ3v) is 5.93. The number of fused-ring (bicyclic) bond motifs is 1. The number of carbonyl (C=O) groups is 1. The van der Waals surface area contributed by atoms with E-state index in [2.05, 4.69) is 31.2 Å². The number of carbonyl (C=O) groups excluding carboxylic acids is 1. The Morgan fingerprint density at radius 1 is 1.16 bits per heavy atom. The standard InChI is InChI=1S/C24H26N4O2S/c1-6-30-18-8-7-9-19-21(18)26-23(31-19)28-20(14-15(2)27-28)25-22(29)16-10-12-17(13-11-16)24(3,4)5/h7-14H,6H2,1-5H3,(H,25,29). The molecule has 0 aliphatic carbocycles. The molecule has 2 aromatic carbocycles. The molecular formula is C24H26N4O2S. The molecule has 0 spiro atoms. The van der Waals surface area contributed by atoms with Gasteiger partial charge in [0.05, 0.1) is 17.0 Å². The summed E-state index contributed by atoms with van der Waals surface area (Å²) in [6, 6.07) is 15.4. The number of ether oxygens (including phenoxy) is 1. The average Bonchev–Trinajstić information content (AvgIpc) is 3.31. The van der Waals surface area contributed by atoms with E-state index in [1.54, 1.807) is 4.68 Å². The van der Waals surface area contributed by atoms with E-state index < -0.39 is 0 Å². The highest BCUT2D eigenvalue weighted by Gasteiger charge is 2.18. The summed E-state index contributed by atoms with van der Waals surface area (Å²) in [4.78, 5) is 17.6. The fraction of sp³-hybridized carbons (Fsp3) is 0.292. The van der Waals surface area contributed by atoms with Crippen LogP contribution in [0.2, 0.25) is 0 Å². The zero-order chi connectivity index (χ0) is 22.2. The van der Waals surface area contributed by atoms with E-state index in [0.717, 1.165) is 21.7 Å². The number of benzene rings is 2. The first kappa shape index (κ1) is 21.1. The minimum absolute atomic E-state index is 0.0396. The number of thiazole rings is 1. The minimum Gasteiger partial charge on any atom is -0.492 e. The average molecular weight is 435 g/mol. The Labute approximate surface area is 185 Å². The zero-order valence-corrected chi connectivity index (χ0v) is 19.2. The van der Waals surface area contributed by atoms with E-state index in [0.29, 0.717) is 23.1 Å². The van der Waals surface area contributed by atoms with Crippen LogP contribution in [-0.4, -0.2) is 27.3 Å². The predicted molar refractivity (Wildman–Crippen MR) is 126 cm³/mol. The lowest BCUT2D eigenvalue weighted by molar-refractivity contribution is 0.102. The fourth-order valence-corrected chi connectivity index (χ4v) is 4.27. The maximum atomic E-state index is 12.9. The molecule has 7 heteroatoms. The van der Waals surface area contributed by atoms with Crippen LogP contribution in [-0.2, 0) is 5.41 Å². The van der Waals surface area contributed by atoms with E-state index in [4.69, 9.17) is 9.72 Å². The van der Waals surface area contributed by atoms with Gasteiger partial charge in [0.15, 0.2) is 0 Å². The van der Waals surface area contributed by atoms with Crippen molar-refractivity contribution >= 4 is 33.3 Å². The largest absolute Gasteiger partial charge is 0.492 e. The molecule has 6 nitrogen and oxygen atoms in total. The molecule has 2 heterocycles. The molecule has 0 saturated carbocycles. The molecule has 0 bridgehead atoms. The van der Waals surface area contributed by atoms with Crippen LogP contribution < -0.4 is 10.1 Å².